The first-order chi connectivity index (χ1) is 15.8. The van der Waals surface area contributed by atoms with Crippen molar-refractivity contribution in [3.05, 3.63) is 73.8 Å². The number of carbonyl (C=O) groups excluding carboxylic acids is 1. The Kier molecular flexibility index (Phi) is 6.98. The maximum absolute atomic E-state index is 12.4. The molecular weight excluding hydrogens is 546 g/mol. The summed E-state index contributed by atoms with van der Waals surface area (Å²) in [6.07, 6.45) is 3.34. The standard InChI is InChI=1S/C21H14BrN5O3S3/c22-15-7-5-14(6-8-15)18-24-25-20(31)27(18)23-10-13-3-1-12(2-4-13)9-16-19(30)26(11-17(28)29)21(32)33-16/h1-10H,11H2,(H,25,31)(H,28,29)/b16-9-,23-10+. The fourth-order valence-electron chi connectivity index (χ4n) is 2.91. The van der Waals surface area contributed by atoms with E-state index < -0.39 is 18.4 Å². The second-order valence-electron chi connectivity index (χ2n) is 6.74. The first-order valence-electron chi connectivity index (χ1n) is 9.37. The summed E-state index contributed by atoms with van der Waals surface area (Å²) < 4.78 is 3.10. The molecule has 0 unspecified atom stereocenters. The molecule has 2 N–H and O–H groups in total. The Bertz CT molecular complexity index is 1360. The molecule has 33 heavy (non-hydrogen) atoms. The number of aromatic nitrogens is 3. The number of nitrogens with zero attached hydrogens (tertiary/aromatic N) is 4. The molecule has 1 aliphatic rings. The fraction of sp³-hybridized carbons (Fsp3) is 0.0476. The van der Waals surface area contributed by atoms with E-state index in [0.717, 1.165) is 37.8 Å². The van der Waals surface area contributed by atoms with Crippen molar-refractivity contribution in [3.8, 4) is 11.4 Å². The van der Waals surface area contributed by atoms with Crippen LogP contribution in [0.5, 0.6) is 0 Å². The number of aromatic amines is 1. The van der Waals surface area contributed by atoms with Gasteiger partial charge in [0.2, 0.25) is 4.77 Å². The Morgan fingerprint density at radius 3 is 2.48 bits per heavy atom. The van der Waals surface area contributed by atoms with Gasteiger partial charge in [-0.25, -0.2) is 5.10 Å². The molecule has 0 aliphatic carbocycles. The fourth-order valence-corrected chi connectivity index (χ4v) is 4.61. The van der Waals surface area contributed by atoms with Crippen LogP contribution in [0.15, 0.2) is 63.0 Å². The van der Waals surface area contributed by atoms with E-state index in [-0.39, 0.29) is 4.32 Å². The number of rotatable bonds is 6. The highest BCUT2D eigenvalue weighted by Crippen LogP contribution is 2.32. The van der Waals surface area contributed by atoms with Crippen LogP contribution in [0.1, 0.15) is 11.1 Å². The van der Waals surface area contributed by atoms with Crippen LogP contribution in [0.3, 0.4) is 0 Å². The van der Waals surface area contributed by atoms with Gasteiger partial charge in [-0.1, -0.05) is 76.3 Å². The number of aliphatic carboxylic acids is 1. The third-order valence-corrected chi connectivity index (χ3v) is 6.65. The van der Waals surface area contributed by atoms with Crippen molar-refractivity contribution in [2.75, 3.05) is 6.54 Å². The number of thiocarbonyl (C=S) groups is 1. The van der Waals surface area contributed by atoms with Crippen LogP contribution in [0.2, 0.25) is 0 Å². The Morgan fingerprint density at radius 2 is 1.82 bits per heavy atom. The summed E-state index contributed by atoms with van der Waals surface area (Å²) in [5.41, 5.74) is 2.45. The quantitative estimate of drug-likeness (QED) is 0.259. The van der Waals surface area contributed by atoms with Crippen LogP contribution in [-0.2, 0) is 9.59 Å². The normalized spacial score (nSPS) is 15.2. The lowest BCUT2D eigenvalue weighted by molar-refractivity contribution is -0.140. The molecule has 0 saturated carbocycles. The molecule has 2 aromatic carbocycles. The molecule has 1 saturated heterocycles. The van der Waals surface area contributed by atoms with Crippen molar-refractivity contribution in [2.45, 2.75) is 0 Å². The molecule has 1 fully saturated rings. The van der Waals surface area contributed by atoms with Crippen LogP contribution < -0.4 is 0 Å². The lowest BCUT2D eigenvalue weighted by Gasteiger charge is -2.10. The molecule has 0 spiro atoms. The first kappa shape index (κ1) is 23.2. The van der Waals surface area contributed by atoms with Gasteiger partial charge in [0.1, 0.15) is 10.9 Å². The van der Waals surface area contributed by atoms with Crippen molar-refractivity contribution in [2.24, 2.45) is 5.10 Å². The summed E-state index contributed by atoms with van der Waals surface area (Å²) in [7, 11) is 0. The number of carboxylic acids is 1. The zero-order valence-electron chi connectivity index (χ0n) is 16.6. The van der Waals surface area contributed by atoms with E-state index in [1.165, 1.54) is 0 Å². The maximum atomic E-state index is 12.4. The SMILES string of the molecule is O=C(O)CN1C(=O)/C(=C/c2ccc(/C=N/n3c(-c4ccc(Br)cc4)n[nH]c3=S)cc2)SC1=S. The van der Waals surface area contributed by atoms with E-state index in [4.69, 9.17) is 29.5 Å². The van der Waals surface area contributed by atoms with Gasteiger partial charge in [0.25, 0.3) is 5.91 Å². The van der Waals surface area contributed by atoms with E-state index in [9.17, 15) is 9.59 Å². The molecule has 1 amide bonds. The summed E-state index contributed by atoms with van der Waals surface area (Å²) >= 11 is 14.9. The number of thioether (sulfide) groups is 1. The van der Waals surface area contributed by atoms with E-state index in [1.54, 1.807) is 17.0 Å². The Morgan fingerprint density at radius 1 is 1.15 bits per heavy atom. The number of H-pyrrole nitrogens is 1. The molecule has 166 valence electrons. The maximum Gasteiger partial charge on any atom is 0.323 e. The largest absolute Gasteiger partial charge is 0.480 e. The topological polar surface area (TPSA) is 104 Å². The molecule has 12 heteroatoms. The second kappa shape index (κ2) is 9.91. The van der Waals surface area contributed by atoms with Gasteiger partial charge in [0, 0.05) is 10.0 Å². The number of hydrogen-bond acceptors (Lipinski definition) is 7. The van der Waals surface area contributed by atoms with Gasteiger partial charge in [-0.05, 0) is 41.6 Å². The average Bonchev–Trinajstić information content (AvgIpc) is 3.28. The number of halogens is 1. The molecule has 0 atom stereocenters. The predicted molar refractivity (Wildman–Crippen MR) is 137 cm³/mol. The number of hydrogen-bond donors (Lipinski definition) is 2. The minimum Gasteiger partial charge on any atom is -0.480 e. The van der Waals surface area contributed by atoms with E-state index in [0.29, 0.717) is 15.5 Å². The number of benzene rings is 2. The van der Waals surface area contributed by atoms with Crippen LogP contribution in [0.4, 0.5) is 0 Å². The lowest BCUT2D eigenvalue weighted by atomic mass is 10.1. The van der Waals surface area contributed by atoms with Gasteiger partial charge in [0.05, 0.1) is 11.1 Å². The summed E-state index contributed by atoms with van der Waals surface area (Å²) in [6.45, 7) is -0.448. The molecule has 4 rings (SSSR count). The van der Waals surface area contributed by atoms with Gasteiger partial charge in [-0.3, -0.25) is 14.5 Å². The van der Waals surface area contributed by atoms with Crippen molar-refractivity contribution in [1.29, 1.82) is 0 Å². The third kappa shape index (κ3) is 5.36. The summed E-state index contributed by atoms with van der Waals surface area (Å²) in [5, 5.41) is 20.4. The second-order valence-corrected chi connectivity index (χ2v) is 9.72. The van der Waals surface area contributed by atoms with Gasteiger partial charge >= 0.3 is 5.97 Å². The van der Waals surface area contributed by atoms with Gasteiger partial charge in [-0.2, -0.15) is 14.9 Å². The summed E-state index contributed by atoms with van der Waals surface area (Å²) in [6, 6.07) is 15.0. The predicted octanol–water partition coefficient (Wildman–Crippen LogP) is 4.54. The molecule has 1 aromatic heterocycles. The Balaban J connectivity index is 1.52. The average molecular weight is 560 g/mol. The highest BCUT2D eigenvalue weighted by atomic mass is 79.9. The zero-order valence-corrected chi connectivity index (χ0v) is 20.7. The lowest BCUT2D eigenvalue weighted by Crippen LogP contribution is -2.33. The van der Waals surface area contributed by atoms with Crippen molar-refractivity contribution >= 4 is 80.6 Å². The van der Waals surface area contributed by atoms with Crippen LogP contribution in [-0.4, -0.2) is 53.8 Å². The van der Waals surface area contributed by atoms with E-state index >= 15 is 0 Å². The number of amides is 1. The van der Waals surface area contributed by atoms with Gasteiger partial charge in [-0.15, -0.1) is 0 Å². The van der Waals surface area contributed by atoms with Gasteiger partial charge < -0.3 is 5.11 Å². The first-order valence-corrected chi connectivity index (χ1v) is 11.8. The highest BCUT2D eigenvalue weighted by Gasteiger charge is 2.33. The Hall–Kier alpha value is -2.93. The van der Waals surface area contributed by atoms with Crippen LogP contribution in [0.25, 0.3) is 17.5 Å². The monoisotopic (exact) mass is 559 g/mol. The molecule has 8 nitrogen and oxygen atoms in total. The zero-order chi connectivity index (χ0) is 23.5. The van der Waals surface area contributed by atoms with Crippen molar-refractivity contribution in [1.82, 2.24) is 19.8 Å². The summed E-state index contributed by atoms with van der Waals surface area (Å²) in [5.74, 6) is -0.936. The molecule has 1 aliphatic heterocycles. The minimum absolute atomic E-state index is 0.232. The van der Waals surface area contributed by atoms with Crippen LogP contribution >= 0.6 is 52.1 Å². The third-order valence-electron chi connectivity index (χ3n) is 4.48. The molecule has 0 bridgehead atoms. The van der Waals surface area contributed by atoms with Crippen molar-refractivity contribution < 1.29 is 14.7 Å². The smallest absolute Gasteiger partial charge is 0.323 e. The minimum atomic E-state index is -1.11. The number of carboxylic acid groups (broad SMARTS) is 1. The van der Waals surface area contributed by atoms with E-state index in [2.05, 4.69) is 31.2 Å². The molecule has 2 heterocycles. The number of carbonyl (C=O) groups is 2. The summed E-state index contributed by atoms with van der Waals surface area (Å²) in [4.78, 5) is 24.8. The highest BCUT2D eigenvalue weighted by molar-refractivity contribution is 9.10. The van der Waals surface area contributed by atoms with Crippen molar-refractivity contribution in [3.63, 3.8) is 0 Å². The Labute approximate surface area is 211 Å². The number of nitrogens with one attached hydrogen (secondary N) is 1. The van der Waals surface area contributed by atoms with E-state index in [1.807, 2.05) is 48.5 Å². The molecule has 3 aromatic rings. The molecular formula is C21H14BrN5O3S3. The molecule has 0 radical (unpaired) electrons. The van der Waals surface area contributed by atoms with Crippen LogP contribution in [0, 0.1) is 4.77 Å². The van der Waals surface area contributed by atoms with Gasteiger partial charge in [0.15, 0.2) is 5.82 Å².